The normalized spacial score (nSPS) is 36.2. The molecule has 94 valence electrons. The Morgan fingerprint density at radius 1 is 1.12 bits per heavy atom. The van der Waals surface area contributed by atoms with Gasteiger partial charge in [-0.1, -0.05) is 19.3 Å². The van der Waals surface area contributed by atoms with Crippen LogP contribution >= 0.6 is 0 Å². The fraction of sp³-hybridized carbons (Fsp3) is 1.00. The maximum absolute atomic E-state index is 10.5. The Hall–Kier alpha value is -0.120. The number of rotatable bonds is 2. The molecular weight excluding hydrogens is 200 g/mol. The van der Waals surface area contributed by atoms with Crippen LogP contribution in [-0.4, -0.2) is 47.3 Å². The van der Waals surface area contributed by atoms with E-state index in [9.17, 15) is 5.11 Å². The number of nitrogens with zero attached hydrogens (tertiary/aromatic N) is 1. The number of piperazine rings is 1. The van der Waals surface area contributed by atoms with Crippen LogP contribution in [0.1, 0.15) is 46.0 Å². The van der Waals surface area contributed by atoms with Crippen molar-refractivity contribution in [1.29, 1.82) is 0 Å². The molecule has 2 unspecified atom stereocenters. The molecule has 0 bridgehead atoms. The van der Waals surface area contributed by atoms with Gasteiger partial charge in [-0.2, -0.15) is 0 Å². The molecule has 2 atom stereocenters. The first-order valence-corrected chi connectivity index (χ1v) is 6.78. The topological polar surface area (TPSA) is 35.5 Å². The smallest absolute Gasteiger partial charge is 0.0774 e. The van der Waals surface area contributed by atoms with E-state index in [0.29, 0.717) is 12.1 Å². The summed E-state index contributed by atoms with van der Waals surface area (Å²) in [5, 5.41) is 14.1. The van der Waals surface area contributed by atoms with Gasteiger partial charge in [-0.05, 0) is 26.7 Å². The standard InChI is InChI=1S/C13H26N2O/c1-11-8-15(9-12(2)14-11)10-13(16)6-4-3-5-7-13/h11-12,14,16H,3-10H2,1-2H3. The van der Waals surface area contributed by atoms with Crippen molar-refractivity contribution < 1.29 is 5.11 Å². The van der Waals surface area contributed by atoms with Gasteiger partial charge in [-0.3, -0.25) is 4.90 Å². The molecule has 0 aromatic heterocycles. The Morgan fingerprint density at radius 2 is 1.69 bits per heavy atom. The average Bonchev–Trinajstić information content (AvgIpc) is 2.15. The van der Waals surface area contributed by atoms with E-state index in [1.807, 2.05) is 0 Å². The van der Waals surface area contributed by atoms with Crippen LogP contribution in [0.15, 0.2) is 0 Å². The molecule has 0 aromatic rings. The van der Waals surface area contributed by atoms with Crippen LogP contribution < -0.4 is 5.32 Å². The summed E-state index contributed by atoms with van der Waals surface area (Å²) >= 11 is 0. The van der Waals surface area contributed by atoms with Gasteiger partial charge in [0.1, 0.15) is 0 Å². The van der Waals surface area contributed by atoms with Gasteiger partial charge in [0.15, 0.2) is 0 Å². The predicted molar refractivity (Wildman–Crippen MR) is 66.5 cm³/mol. The summed E-state index contributed by atoms with van der Waals surface area (Å²) < 4.78 is 0. The maximum atomic E-state index is 10.5. The van der Waals surface area contributed by atoms with Gasteiger partial charge in [0.25, 0.3) is 0 Å². The second-order valence-electron chi connectivity index (χ2n) is 5.95. The number of aliphatic hydroxyl groups is 1. The summed E-state index contributed by atoms with van der Waals surface area (Å²) in [6.07, 6.45) is 5.71. The van der Waals surface area contributed by atoms with E-state index in [-0.39, 0.29) is 0 Å². The lowest BCUT2D eigenvalue weighted by molar-refractivity contribution is -0.0339. The number of hydrogen-bond acceptors (Lipinski definition) is 3. The molecule has 0 amide bonds. The molecule has 1 saturated carbocycles. The van der Waals surface area contributed by atoms with Crippen molar-refractivity contribution in [3.05, 3.63) is 0 Å². The second kappa shape index (κ2) is 5.03. The number of hydrogen-bond donors (Lipinski definition) is 2. The SMILES string of the molecule is CC1CN(CC2(O)CCCCC2)CC(C)N1. The minimum Gasteiger partial charge on any atom is -0.389 e. The third kappa shape index (κ3) is 3.19. The molecule has 2 fully saturated rings. The maximum Gasteiger partial charge on any atom is 0.0774 e. The highest BCUT2D eigenvalue weighted by molar-refractivity contribution is 4.89. The van der Waals surface area contributed by atoms with Crippen molar-refractivity contribution >= 4 is 0 Å². The van der Waals surface area contributed by atoms with E-state index >= 15 is 0 Å². The summed E-state index contributed by atoms with van der Waals surface area (Å²) in [5.74, 6) is 0. The quantitative estimate of drug-likeness (QED) is 0.746. The highest BCUT2D eigenvalue weighted by Gasteiger charge is 2.33. The van der Waals surface area contributed by atoms with Gasteiger partial charge >= 0.3 is 0 Å². The van der Waals surface area contributed by atoms with Gasteiger partial charge in [0.2, 0.25) is 0 Å². The largest absolute Gasteiger partial charge is 0.389 e. The van der Waals surface area contributed by atoms with E-state index in [0.717, 1.165) is 32.5 Å². The molecule has 3 nitrogen and oxygen atoms in total. The van der Waals surface area contributed by atoms with E-state index in [1.54, 1.807) is 0 Å². The highest BCUT2D eigenvalue weighted by atomic mass is 16.3. The lowest BCUT2D eigenvalue weighted by atomic mass is 9.84. The summed E-state index contributed by atoms with van der Waals surface area (Å²) in [6, 6.07) is 1.10. The van der Waals surface area contributed by atoms with Crippen LogP contribution in [-0.2, 0) is 0 Å². The van der Waals surface area contributed by atoms with Gasteiger partial charge in [-0.15, -0.1) is 0 Å². The zero-order valence-corrected chi connectivity index (χ0v) is 10.7. The molecule has 0 aromatic carbocycles. The summed E-state index contributed by atoms with van der Waals surface area (Å²) in [7, 11) is 0. The molecule has 3 heteroatoms. The molecule has 1 heterocycles. The first-order chi connectivity index (χ1) is 7.57. The molecule has 16 heavy (non-hydrogen) atoms. The number of β-amino-alcohol motifs (C(OH)–C–C–N with tert-alkyl or cyclic N) is 1. The Labute approximate surface area is 99.2 Å². The van der Waals surface area contributed by atoms with Gasteiger partial charge in [0.05, 0.1) is 5.60 Å². The molecule has 0 radical (unpaired) electrons. The Bertz CT molecular complexity index is 216. The van der Waals surface area contributed by atoms with Crippen molar-refractivity contribution in [1.82, 2.24) is 10.2 Å². The monoisotopic (exact) mass is 226 g/mol. The van der Waals surface area contributed by atoms with Gasteiger partial charge in [-0.25, -0.2) is 0 Å². The van der Waals surface area contributed by atoms with Crippen LogP contribution in [0.2, 0.25) is 0 Å². The van der Waals surface area contributed by atoms with E-state index in [1.165, 1.54) is 19.3 Å². The average molecular weight is 226 g/mol. The fourth-order valence-corrected chi connectivity index (χ4v) is 3.35. The molecule has 1 aliphatic carbocycles. The van der Waals surface area contributed by atoms with E-state index in [4.69, 9.17) is 0 Å². The van der Waals surface area contributed by atoms with Crippen molar-refractivity contribution in [2.24, 2.45) is 0 Å². The third-order valence-electron chi connectivity index (χ3n) is 3.94. The summed E-state index contributed by atoms with van der Waals surface area (Å²) in [6.45, 7) is 7.49. The van der Waals surface area contributed by atoms with Crippen LogP contribution in [0.3, 0.4) is 0 Å². The molecule has 2 rings (SSSR count). The minimum absolute atomic E-state index is 0.394. The summed E-state index contributed by atoms with van der Waals surface area (Å²) in [4.78, 5) is 2.44. The zero-order valence-electron chi connectivity index (χ0n) is 10.7. The van der Waals surface area contributed by atoms with Crippen LogP contribution in [0.5, 0.6) is 0 Å². The molecule has 0 spiro atoms. The Kier molecular flexibility index (Phi) is 3.88. The third-order valence-corrected chi connectivity index (χ3v) is 3.94. The number of nitrogens with one attached hydrogen (secondary N) is 1. The van der Waals surface area contributed by atoms with Crippen molar-refractivity contribution in [2.45, 2.75) is 63.6 Å². The molecule has 2 N–H and O–H groups in total. The summed E-state index contributed by atoms with van der Waals surface area (Å²) in [5.41, 5.74) is -0.394. The van der Waals surface area contributed by atoms with Crippen LogP contribution in [0, 0.1) is 0 Å². The minimum atomic E-state index is -0.394. The van der Waals surface area contributed by atoms with Crippen LogP contribution in [0.25, 0.3) is 0 Å². The van der Waals surface area contributed by atoms with Crippen molar-refractivity contribution in [3.63, 3.8) is 0 Å². The lowest BCUT2D eigenvalue weighted by Crippen LogP contribution is -2.57. The second-order valence-corrected chi connectivity index (χ2v) is 5.95. The highest BCUT2D eigenvalue weighted by Crippen LogP contribution is 2.29. The predicted octanol–water partition coefficient (Wildman–Crippen LogP) is 1.36. The molecule has 1 aliphatic heterocycles. The Balaban J connectivity index is 1.87. The van der Waals surface area contributed by atoms with Gasteiger partial charge < -0.3 is 10.4 Å². The van der Waals surface area contributed by atoms with Crippen LogP contribution in [0.4, 0.5) is 0 Å². The zero-order chi connectivity index (χ0) is 11.6. The first-order valence-electron chi connectivity index (χ1n) is 6.78. The molecule has 2 aliphatic rings. The molecular formula is C13H26N2O. The van der Waals surface area contributed by atoms with E-state index < -0.39 is 5.60 Å². The van der Waals surface area contributed by atoms with Gasteiger partial charge in [0, 0.05) is 31.7 Å². The van der Waals surface area contributed by atoms with Crippen molar-refractivity contribution in [2.75, 3.05) is 19.6 Å². The fourth-order valence-electron chi connectivity index (χ4n) is 3.35. The van der Waals surface area contributed by atoms with E-state index in [2.05, 4.69) is 24.1 Å². The van der Waals surface area contributed by atoms with Crippen molar-refractivity contribution in [3.8, 4) is 0 Å². The Morgan fingerprint density at radius 3 is 2.25 bits per heavy atom. The molecule has 1 saturated heterocycles. The first kappa shape index (κ1) is 12.3. The lowest BCUT2D eigenvalue weighted by Gasteiger charge is -2.42.